The molecule has 1 aliphatic rings. The highest BCUT2D eigenvalue weighted by Crippen LogP contribution is 2.32. The normalized spacial score (nSPS) is 16.2. The van der Waals surface area contributed by atoms with Crippen LogP contribution in [0.5, 0.6) is 0 Å². The number of nitrogens with zero attached hydrogens (tertiary/aromatic N) is 1. The van der Waals surface area contributed by atoms with E-state index in [0.717, 1.165) is 29.0 Å². The molecule has 0 saturated heterocycles. The van der Waals surface area contributed by atoms with Crippen molar-refractivity contribution in [3.05, 3.63) is 50.7 Å². The molecule has 19 heavy (non-hydrogen) atoms. The Balaban J connectivity index is 1.94. The maximum absolute atomic E-state index is 13.1. The van der Waals surface area contributed by atoms with Crippen LogP contribution in [-0.2, 0) is 12.8 Å². The third kappa shape index (κ3) is 2.42. The van der Waals surface area contributed by atoms with Gasteiger partial charge in [-0.1, -0.05) is 6.07 Å². The second-order valence-electron chi connectivity index (χ2n) is 5.11. The van der Waals surface area contributed by atoms with E-state index in [0.29, 0.717) is 0 Å². The van der Waals surface area contributed by atoms with Gasteiger partial charge in [0.25, 0.3) is 0 Å². The zero-order valence-corrected chi connectivity index (χ0v) is 11.8. The predicted molar refractivity (Wildman–Crippen MR) is 75.9 cm³/mol. The lowest BCUT2D eigenvalue weighted by atomic mass is 10.0. The molecule has 0 bridgehead atoms. The monoisotopic (exact) mass is 276 g/mol. The molecule has 2 nitrogen and oxygen atoms in total. The summed E-state index contributed by atoms with van der Waals surface area (Å²) in [6, 6.07) is 4.53. The van der Waals surface area contributed by atoms with Gasteiger partial charge in [0, 0.05) is 4.88 Å². The molecule has 0 aliphatic heterocycles. The molecule has 4 heteroatoms. The first-order valence-corrected chi connectivity index (χ1v) is 7.47. The van der Waals surface area contributed by atoms with Gasteiger partial charge >= 0.3 is 0 Å². The van der Waals surface area contributed by atoms with Crippen LogP contribution in [-0.4, -0.2) is 4.98 Å². The summed E-state index contributed by atoms with van der Waals surface area (Å²) in [5.41, 5.74) is 9.38. The second-order valence-corrected chi connectivity index (χ2v) is 6.22. The first-order chi connectivity index (χ1) is 9.15. The van der Waals surface area contributed by atoms with E-state index in [2.05, 4.69) is 0 Å². The molecule has 3 rings (SSSR count). The van der Waals surface area contributed by atoms with Crippen molar-refractivity contribution in [2.24, 2.45) is 5.73 Å². The van der Waals surface area contributed by atoms with Crippen molar-refractivity contribution in [1.29, 1.82) is 0 Å². The van der Waals surface area contributed by atoms with Crippen molar-refractivity contribution in [3.8, 4) is 0 Å². The summed E-state index contributed by atoms with van der Waals surface area (Å²) in [4.78, 5) is 6.08. The molecule has 1 aliphatic carbocycles. The first-order valence-electron chi connectivity index (χ1n) is 6.65. The molecular weight excluding hydrogens is 259 g/mol. The lowest BCUT2D eigenvalue weighted by Crippen LogP contribution is -2.13. The molecule has 1 aromatic heterocycles. The van der Waals surface area contributed by atoms with Gasteiger partial charge in [-0.05, 0) is 55.9 Å². The van der Waals surface area contributed by atoms with Crippen LogP contribution in [0.3, 0.4) is 0 Å². The van der Waals surface area contributed by atoms with E-state index in [1.165, 1.54) is 35.5 Å². The Morgan fingerprint density at radius 2 is 2.11 bits per heavy atom. The molecule has 0 spiro atoms. The lowest BCUT2D eigenvalue weighted by molar-refractivity contribution is 0.624. The first kappa shape index (κ1) is 12.8. The summed E-state index contributed by atoms with van der Waals surface area (Å²) in [5.74, 6) is -0.216. The lowest BCUT2D eigenvalue weighted by Gasteiger charge is -2.12. The number of fused-ring (bicyclic) bond motifs is 1. The van der Waals surface area contributed by atoms with E-state index < -0.39 is 0 Å². The number of benzene rings is 1. The minimum Gasteiger partial charge on any atom is -0.318 e. The highest BCUT2D eigenvalue weighted by molar-refractivity contribution is 7.11. The SMILES string of the molecule is Cc1cc(F)ccc1C(N)c1nc2c(s1)CCCC2. The summed E-state index contributed by atoms with van der Waals surface area (Å²) in [7, 11) is 0. The average Bonchev–Trinajstić information content (AvgIpc) is 2.81. The van der Waals surface area contributed by atoms with E-state index in [4.69, 9.17) is 10.7 Å². The van der Waals surface area contributed by atoms with Crippen LogP contribution in [0.2, 0.25) is 0 Å². The van der Waals surface area contributed by atoms with E-state index in [1.807, 2.05) is 6.92 Å². The Bertz CT molecular complexity index is 583. The molecule has 1 heterocycles. The highest BCUT2D eigenvalue weighted by Gasteiger charge is 2.20. The van der Waals surface area contributed by atoms with Gasteiger partial charge in [0.15, 0.2) is 0 Å². The average molecular weight is 276 g/mol. The van der Waals surface area contributed by atoms with E-state index >= 15 is 0 Å². The van der Waals surface area contributed by atoms with Crippen LogP contribution >= 0.6 is 11.3 Å². The molecule has 0 saturated carbocycles. The van der Waals surface area contributed by atoms with Gasteiger partial charge in [-0.3, -0.25) is 0 Å². The molecule has 1 unspecified atom stereocenters. The summed E-state index contributed by atoms with van der Waals surface area (Å²) in [5, 5.41) is 0.960. The minimum atomic E-state index is -0.240. The Hall–Kier alpha value is -1.26. The zero-order valence-electron chi connectivity index (χ0n) is 10.9. The van der Waals surface area contributed by atoms with Crippen LogP contribution in [0.1, 0.15) is 45.6 Å². The molecule has 1 atom stereocenters. The van der Waals surface area contributed by atoms with Crippen molar-refractivity contribution >= 4 is 11.3 Å². The number of rotatable bonds is 2. The number of aryl methyl sites for hydroxylation is 3. The number of nitrogens with two attached hydrogens (primary N) is 1. The fraction of sp³-hybridized carbons (Fsp3) is 0.400. The van der Waals surface area contributed by atoms with Crippen LogP contribution in [0.4, 0.5) is 4.39 Å². The molecule has 100 valence electrons. The Morgan fingerprint density at radius 3 is 2.84 bits per heavy atom. The third-order valence-corrected chi connectivity index (χ3v) is 4.94. The topological polar surface area (TPSA) is 38.9 Å². The zero-order chi connectivity index (χ0) is 13.4. The number of hydrogen-bond donors (Lipinski definition) is 1. The highest BCUT2D eigenvalue weighted by atomic mass is 32.1. The van der Waals surface area contributed by atoms with Crippen molar-refractivity contribution < 1.29 is 4.39 Å². The summed E-state index contributed by atoms with van der Waals surface area (Å²) in [6.45, 7) is 1.89. The van der Waals surface area contributed by atoms with Gasteiger partial charge in [0.2, 0.25) is 0 Å². The molecule has 1 aromatic carbocycles. The number of thiazole rings is 1. The summed E-state index contributed by atoms with van der Waals surface area (Å²) in [6.07, 6.45) is 4.67. The van der Waals surface area contributed by atoms with Crippen molar-refractivity contribution in [2.75, 3.05) is 0 Å². The fourth-order valence-corrected chi connectivity index (χ4v) is 3.80. The second kappa shape index (κ2) is 5.02. The molecule has 0 radical (unpaired) electrons. The van der Waals surface area contributed by atoms with Gasteiger partial charge in [-0.15, -0.1) is 11.3 Å². The molecule has 0 fully saturated rings. The van der Waals surface area contributed by atoms with Crippen LogP contribution in [0.15, 0.2) is 18.2 Å². The van der Waals surface area contributed by atoms with E-state index in [9.17, 15) is 4.39 Å². The van der Waals surface area contributed by atoms with Crippen molar-refractivity contribution in [1.82, 2.24) is 4.98 Å². The molecule has 0 amide bonds. The predicted octanol–water partition coefficient (Wildman–Crippen LogP) is 3.52. The number of hydrogen-bond acceptors (Lipinski definition) is 3. The van der Waals surface area contributed by atoms with Gasteiger partial charge in [-0.25, -0.2) is 9.37 Å². The smallest absolute Gasteiger partial charge is 0.123 e. The quantitative estimate of drug-likeness (QED) is 0.911. The van der Waals surface area contributed by atoms with Crippen molar-refractivity contribution in [2.45, 2.75) is 38.6 Å². The molecular formula is C15H17FN2S. The maximum Gasteiger partial charge on any atom is 0.123 e. The fourth-order valence-electron chi connectivity index (χ4n) is 2.63. The minimum absolute atomic E-state index is 0.216. The maximum atomic E-state index is 13.1. The number of aromatic nitrogens is 1. The van der Waals surface area contributed by atoms with Crippen molar-refractivity contribution in [3.63, 3.8) is 0 Å². The molecule has 2 aromatic rings. The van der Waals surface area contributed by atoms with E-state index in [-0.39, 0.29) is 11.9 Å². The van der Waals surface area contributed by atoms with Crippen LogP contribution in [0.25, 0.3) is 0 Å². The van der Waals surface area contributed by atoms with Gasteiger partial charge in [-0.2, -0.15) is 0 Å². The summed E-state index contributed by atoms with van der Waals surface area (Å²) < 4.78 is 13.1. The van der Waals surface area contributed by atoms with E-state index in [1.54, 1.807) is 17.4 Å². The Labute approximate surface area is 116 Å². The summed E-state index contributed by atoms with van der Waals surface area (Å²) >= 11 is 1.72. The van der Waals surface area contributed by atoms with Crippen LogP contribution in [0, 0.1) is 12.7 Å². The largest absolute Gasteiger partial charge is 0.318 e. The van der Waals surface area contributed by atoms with Gasteiger partial charge in [0.1, 0.15) is 10.8 Å². The Kier molecular flexibility index (Phi) is 3.37. The van der Waals surface area contributed by atoms with Gasteiger partial charge in [0.05, 0.1) is 11.7 Å². The van der Waals surface area contributed by atoms with Crippen LogP contribution < -0.4 is 5.73 Å². The standard InChI is InChI=1S/C15H17FN2S/c1-9-8-10(16)6-7-11(9)14(17)15-18-12-4-2-3-5-13(12)19-15/h6-8,14H,2-5,17H2,1H3. The third-order valence-electron chi connectivity index (χ3n) is 3.70. The molecule has 2 N–H and O–H groups in total. The Morgan fingerprint density at radius 1 is 1.32 bits per heavy atom. The van der Waals surface area contributed by atoms with Gasteiger partial charge < -0.3 is 5.73 Å². The number of halogens is 1.